The molecule has 29 heavy (non-hydrogen) atoms. The second kappa shape index (κ2) is 8.57. The topological polar surface area (TPSA) is 129 Å². The predicted octanol–water partition coefficient (Wildman–Crippen LogP) is 1.67. The van der Waals surface area contributed by atoms with Crippen LogP contribution in [0.1, 0.15) is 5.56 Å². The first-order valence-electron chi connectivity index (χ1n) is 8.61. The molecule has 2 aromatic carbocycles. The first-order chi connectivity index (χ1) is 13.9. The summed E-state index contributed by atoms with van der Waals surface area (Å²) in [6, 6.07) is 12.6. The van der Waals surface area contributed by atoms with Gasteiger partial charge < -0.3 is 16.0 Å². The molecular formula is C19H19N5O4S. The van der Waals surface area contributed by atoms with Gasteiger partial charge in [-0.05, 0) is 36.4 Å². The zero-order valence-corrected chi connectivity index (χ0v) is 16.1. The third kappa shape index (κ3) is 4.99. The molecule has 3 rings (SSSR count). The number of nitrogens with zero attached hydrogens (tertiary/aromatic N) is 1. The molecule has 0 radical (unpaired) electrons. The molecule has 1 aliphatic heterocycles. The summed E-state index contributed by atoms with van der Waals surface area (Å²) in [6.45, 7) is 3.61. The Labute approximate surface area is 168 Å². The average Bonchev–Trinajstić information content (AvgIpc) is 2.97. The highest BCUT2D eigenvalue weighted by atomic mass is 32.2. The van der Waals surface area contributed by atoms with E-state index >= 15 is 0 Å². The fourth-order valence-electron chi connectivity index (χ4n) is 2.58. The zero-order valence-electron chi connectivity index (χ0n) is 15.3. The van der Waals surface area contributed by atoms with Crippen molar-refractivity contribution in [3.63, 3.8) is 0 Å². The van der Waals surface area contributed by atoms with Crippen molar-refractivity contribution in [3.8, 4) is 0 Å². The number of benzene rings is 2. The van der Waals surface area contributed by atoms with Crippen LogP contribution in [-0.2, 0) is 14.8 Å². The van der Waals surface area contributed by atoms with Crippen LogP contribution in [0.25, 0.3) is 0 Å². The number of rotatable bonds is 6. The molecule has 2 aromatic rings. The summed E-state index contributed by atoms with van der Waals surface area (Å²) in [5, 5.41) is 7.88. The number of amidine groups is 1. The fraction of sp³-hybridized carbons (Fsp3) is 0.105. The number of urea groups is 1. The van der Waals surface area contributed by atoms with Gasteiger partial charge in [-0.2, -0.15) is 0 Å². The van der Waals surface area contributed by atoms with E-state index in [0.717, 1.165) is 0 Å². The smallest absolute Gasteiger partial charge is 0.319 e. The number of fused-ring (bicyclic) bond motifs is 1. The third-order valence-corrected chi connectivity index (χ3v) is 5.27. The minimum Gasteiger partial charge on any atom is -0.334 e. The Hall–Kier alpha value is -3.66. The Kier molecular flexibility index (Phi) is 5.93. The molecule has 0 unspecified atom stereocenters. The first kappa shape index (κ1) is 20.1. The van der Waals surface area contributed by atoms with E-state index in [9.17, 15) is 18.0 Å². The molecule has 0 aromatic heterocycles. The standard InChI is InChI=1S/C19H19N5O4S/c1-2-11-20-19(26)23-14-9-7-13(8-10-14)22-17(25)12-21-18-15-5-3-4-6-16(15)29(27,28)24-18/h2-10H,1,11-12H2,(H,21,24)(H,22,25)(H2,20,23,26). The van der Waals surface area contributed by atoms with Crippen LogP contribution in [0.3, 0.4) is 0 Å². The normalized spacial score (nSPS) is 15.1. The summed E-state index contributed by atoms with van der Waals surface area (Å²) in [4.78, 5) is 27.9. The second-order valence-electron chi connectivity index (χ2n) is 6.02. The van der Waals surface area contributed by atoms with Crippen molar-refractivity contribution < 1.29 is 18.0 Å². The number of anilines is 2. The molecule has 0 saturated carbocycles. The van der Waals surface area contributed by atoms with Gasteiger partial charge in [-0.25, -0.2) is 13.2 Å². The molecule has 0 atom stereocenters. The summed E-state index contributed by atoms with van der Waals surface area (Å²) in [5.41, 5.74) is 1.51. The number of carbonyl (C=O) groups excluding carboxylic acids is 2. The largest absolute Gasteiger partial charge is 0.334 e. The number of nitrogens with one attached hydrogen (secondary N) is 4. The molecule has 3 amide bonds. The molecule has 9 nitrogen and oxygen atoms in total. The van der Waals surface area contributed by atoms with Crippen molar-refractivity contribution in [3.05, 3.63) is 66.7 Å². The van der Waals surface area contributed by atoms with E-state index in [1.807, 2.05) is 0 Å². The number of hydrogen-bond donors (Lipinski definition) is 4. The molecule has 1 heterocycles. The molecule has 150 valence electrons. The molecule has 1 aliphatic rings. The maximum Gasteiger partial charge on any atom is 0.319 e. The van der Waals surface area contributed by atoms with Gasteiger partial charge in [0, 0.05) is 23.5 Å². The van der Waals surface area contributed by atoms with Crippen LogP contribution in [-0.4, -0.2) is 39.3 Å². The summed E-state index contributed by atoms with van der Waals surface area (Å²) in [6.07, 6.45) is 1.57. The minimum atomic E-state index is -3.64. The molecule has 0 saturated heterocycles. The highest BCUT2D eigenvalue weighted by Gasteiger charge is 2.30. The van der Waals surface area contributed by atoms with E-state index in [1.165, 1.54) is 6.07 Å². The molecule has 0 fully saturated rings. The van der Waals surface area contributed by atoms with E-state index in [1.54, 1.807) is 48.5 Å². The van der Waals surface area contributed by atoms with Gasteiger partial charge in [0.25, 0.3) is 10.0 Å². The van der Waals surface area contributed by atoms with Crippen molar-refractivity contribution in [2.75, 3.05) is 23.7 Å². The van der Waals surface area contributed by atoms with Gasteiger partial charge in [-0.15, -0.1) is 6.58 Å². The molecule has 0 spiro atoms. The monoisotopic (exact) mass is 413 g/mol. The Morgan fingerprint density at radius 1 is 1.03 bits per heavy atom. The fourth-order valence-corrected chi connectivity index (χ4v) is 3.83. The average molecular weight is 413 g/mol. The van der Waals surface area contributed by atoms with Crippen LogP contribution in [0.4, 0.5) is 16.2 Å². The summed E-state index contributed by atoms with van der Waals surface area (Å²) in [5.74, 6) is -0.272. The van der Waals surface area contributed by atoms with E-state index in [-0.39, 0.29) is 23.3 Å². The van der Waals surface area contributed by atoms with Gasteiger partial charge in [-0.3, -0.25) is 14.5 Å². The van der Waals surface area contributed by atoms with E-state index in [2.05, 4.69) is 32.2 Å². The van der Waals surface area contributed by atoms with Crippen LogP contribution in [0.15, 0.2) is 71.1 Å². The summed E-state index contributed by atoms with van der Waals surface area (Å²) >= 11 is 0. The van der Waals surface area contributed by atoms with Crippen molar-refractivity contribution in [1.82, 2.24) is 10.0 Å². The van der Waals surface area contributed by atoms with Crippen molar-refractivity contribution in [1.29, 1.82) is 0 Å². The highest BCUT2D eigenvalue weighted by Crippen LogP contribution is 2.22. The van der Waals surface area contributed by atoms with Crippen molar-refractivity contribution in [2.24, 2.45) is 4.99 Å². The number of sulfonamides is 1. The number of hydrogen-bond acceptors (Lipinski definition) is 5. The number of aliphatic imine (C=N–C) groups is 1. The van der Waals surface area contributed by atoms with Crippen LogP contribution in [0.2, 0.25) is 0 Å². The van der Waals surface area contributed by atoms with Crippen LogP contribution >= 0.6 is 0 Å². The minimum absolute atomic E-state index is 0.138. The van der Waals surface area contributed by atoms with Crippen molar-refractivity contribution in [2.45, 2.75) is 4.90 Å². The lowest BCUT2D eigenvalue weighted by Crippen LogP contribution is -2.28. The van der Waals surface area contributed by atoms with Gasteiger partial charge in [0.15, 0.2) is 0 Å². The lowest BCUT2D eigenvalue weighted by Gasteiger charge is -2.08. The number of carbonyl (C=O) groups is 2. The molecule has 0 aliphatic carbocycles. The van der Waals surface area contributed by atoms with Crippen LogP contribution in [0.5, 0.6) is 0 Å². The molecular weight excluding hydrogens is 394 g/mol. The maximum atomic E-state index is 12.1. The Morgan fingerprint density at radius 2 is 1.69 bits per heavy atom. The first-order valence-corrected chi connectivity index (χ1v) is 10.1. The van der Waals surface area contributed by atoms with Gasteiger partial charge in [0.2, 0.25) is 5.91 Å². The van der Waals surface area contributed by atoms with Crippen molar-refractivity contribution >= 4 is 39.2 Å². The van der Waals surface area contributed by atoms with E-state index in [0.29, 0.717) is 23.5 Å². The molecule has 10 heteroatoms. The lowest BCUT2D eigenvalue weighted by molar-refractivity contribution is -0.114. The van der Waals surface area contributed by atoms with Gasteiger partial charge in [0.1, 0.15) is 12.4 Å². The number of amides is 3. The summed E-state index contributed by atoms with van der Waals surface area (Å²) < 4.78 is 26.4. The zero-order chi connectivity index (χ0) is 20.9. The summed E-state index contributed by atoms with van der Waals surface area (Å²) in [7, 11) is -3.64. The highest BCUT2D eigenvalue weighted by molar-refractivity contribution is 7.90. The van der Waals surface area contributed by atoms with Gasteiger partial charge in [-0.1, -0.05) is 18.2 Å². The predicted molar refractivity (Wildman–Crippen MR) is 110 cm³/mol. The Bertz CT molecular complexity index is 1080. The van der Waals surface area contributed by atoms with Gasteiger partial charge in [0.05, 0.1) is 4.90 Å². The Balaban J connectivity index is 1.58. The van der Waals surface area contributed by atoms with E-state index < -0.39 is 15.9 Å². The van der Waals surface area contributed by atoms with E-state index in [4.69, 9.17) is 0 Å². The third-order valence-electron chi connectivity index (χ3n) is 3.88. The quantitative estimate of drug-likeness (QED) is 0.537. The van der Waals surface area contributed by atoms with Crippen LogP contribution < -0.4 is 20.7 Å². The molecule has 0 bridgehead atoms. The molecule has 4 N–H and O–H groups in total. The lowest BCUT2D eigenvalue weighted by atomic mass is 10.2. The van der Waals surface area contributed by atoms with Crippen LogP contribution in [0, 0.1) is 0 Å². The van der Waals surface area contributed by atoms with Gasteiger partial charge >= 0.3 is 6.03 Å². The maximum absolute atomic E-state index is 12.1. The SMILES string of the molecule is C=CCNC(=O)Nc1ccc(NC(=O)CN=C2NS(=O)(=O)c3ccccc32)cc1. The second-order valence-corrected chi connectivity index (χ2v) is 7.67. The Morgan fingerprint density at radius 3 is 2.38 bits per heavy atom.